The summed E-state index contributed by atoms with van der Waals surface area (Å²) < 4.78 is 0.940. The Morgan fingerprint density at radius 2 is 1.68 bits per heavy atom. The van der Waals surface area contributed by atoms with Crippen LogP contribution in [0.15, 0.2) is 64.2 Å². The van der Waals surface area contributed by atoms with Crippen LogP contribution in [0.3, 0.4) is 0 Å². The number of nitrogens with zero attached hydrogens (tertiary/aromatic N) is 1. The molecule has 0 bridgehead atoms. The summed E-state index contributed by atoms with van der Waals surface area (Å²) in [4.78, 5) is 67.6. The topological polar surface area (TPSA) is 150 Å². The first-order valence-electron chi connectivity index (χ1n) is 13.9. The van der Waals surface area contributed by atoms with Gasteiger partial charge in [-0.2, -0.15) is 11.8 Å². The quantitative estimate of drug-likeness (QED) is 0.257. The molecule has 1 heterocycles. The van der Waals surface area contributed by atoms with Crippen molar-refractivity contribution in [3.8, 4) is 0 Å². The fourth-order valence-corrected chi connectivity index (χ4v) is 5.82. The smallest absolute Gasteiger partial charge is 0.329 e. The number of carboxylic acids is 1. The maximum atomic E-state index is 13.8. The van der Waals surface area contributed by atoms with Crippen molar-refractivity contribution in [2.75, 3.05) is 18.6 Å². The highest BCUT2D eigenvalue weighted by Gasteiger charge is 2.31. The van der Waals surface area contributed by atoms with Crippen molar-refractivity contribution in [3.05, 3.63) is 81.0 Å². The Morgan fingerprint density at radius 3 is 2.37 bits per heavy atom. The number of para-hydroxylation sites is 1. The molecule has 3 aromatic rings. The van der Waals surface area contributed by atoms with Crippen molar-refractivity contribution in [1.29, 1.82) is 0 Å². The van der Waals surface area contributed by atoms with Crippen LogP contribution < -0.4 is 21.9 Å². The summed E-state index contributed by atoms with van der Waals surface area (Å²) >= 11 is 1.54. The van der Waals surface area contributed by atoms with E-state index in [-0.39, 0.29) is 29.6 Å². The Hall–Kier alpha value is -3.86. The third-order valence-corrected chi connectivity index (χ3v) is 8.37. The van der Waals surface area contributed by atoms with Crippen molar-refractivity contribution in [1.82, 2.24) is 20.2 Å². The number of aliphatic carboxylic acids is 1. The molecule has 0 radical (unpaired) electrons. The van der Waals surface area contributed by atoms with Gasteiger partial charge in [-0.05, 0) is 67.7 Å². The molecule has 4 N–H and O–H groups in total. The Kier molecular flexibility index (Phi) is 10.4. The molecular weight excluding hydrogens is 544 g/mol. The molecule has 41 heavy (non-hydrogen) atoms. The van der Waals surface area contributed by atoms with E-state index in [9.17, 15) is 29.1 Å². The first-order valence-corrected chi connectivity index (χ1v) is 15.2. The lowest BCUT2D eigenvalue weighted by Crippen LogP contribution is -2.52. The first kappa shape index (κ1) is 30.1. The van der Waals surface area contributed by atoms with Crippen LogP contribution in [0.1, 0.15) is 43.7 Å². The fourth-order valence-electron chi connectivity index (χ4n) is 5.35. The number of hydrogen-bond donors (Lipinski definition) is 4. The van der Waals surface area contributed by atoms with Gasteiger partial charge in [0.1, 0.15) is 12.1 Å². The molecule has 1 aromatic heterocycles. The molecule has 2 amide bonds. The molecule has 0 spiro atoms. The van der Waals surface area contributed by atoms with Gasteiger partial charge in [-0.3, -0.25) is 19.2 Å². The van der Waals surface area contributed by atoms with Crippen molar-refractivity contribution < 1.29 is 19.5 Å². The number of carbonyl (C=O) groups is 3. The first-order chi connectivity index (χ1) is 19.8. The molecule has 2 atom stereocenters. The minimum absolute atomic E-state index is 0.0810. The summed E-state index contributed by atoms with van der Waals surface area (Å²) in [6.45, 7) is 0.397. The van der Waals surface area contributed by atoms with E-state index >= 15 is 0 Å². The number of amides is 2. The third kappa shape index (κ3) is 7.66. The van der Waals surface area contributed by atoms with Crippen LogP contribution in [0, 0.1) is 11.8 Å². The number of carbonyl (C=O) groups excluding carboxylic acids is 2. The summed E-state index contributed by atoms with van der Waals surface area (Å²) in [5.41, 5.74) is -0.143. The van der Waals surface area contributed by atoms with Gasteiger partial charge in [0.2, 0.25) is 11.8 Å². The maximum Gasteiger partial charge on any atom is 0.329 e. The van der Waals surface area contributed by atoms with Gasteiger partial charge < -0.3 is 20.7 Å². The molecule has 10 nitrogen and oxygen atoms in total. The summed E-state index contributed by atoms with van der Waals surface area (Å²) in [6, 6.07) is 13.7. The SMILES string of the molecule is CSCCC(NC(=O)C(Cc1ccccc1)n1c(=O)[nH]c2ccccc2c1=O)C(=O)NCC1CCC(C(=O)O)CC1. The monoisotopic (exact) mass is 580 g/mol. The van der Waals surface area contributed by atoms with E-state index in [1.165, 1.54) is 0 Å². The fraction of sp³-hybridized carbons (Fsp3) is 0.433. The second-order valence-electron chi connectivity index (χ2n) is 10.5. The molecule has 1 saturated carbocycles. The van der Waals surface area contributed by atoms with Gasteiger partial charge in [0.15, 0.2) is 0 Å². The zero-order chi connectivity index (χ0) is 29.4. The molecule has 11 heteroatoms. The second-order valence-corrected chi connectivity index (χ2v) is 11.5. The van der Waals surface area contributed by atoms with Gasteiger partial charge in [0.05, 0.1) is 16.8 Å². The van der Waals surface area contributed by atoms with Crippen LogP contribution in [0.5, 0.6) is 0 Å². The van der Waals surface area contributed by atoms with E-state index in [0.29, 0.717) is 49.9 Å². The molecular formula is C30H36N4O6S. The number of fused-ring (bicyclic) bond motifs is 1. The average Bonchev–Trinajstić information content (AvgIpc) is 2.98. The summed E-state index contributed by atoms with van der Waals surface area (Å²) in [7, 11) is 0. The van der Waals surface area contributed by atoms with Crippen LogP contribution in [-0.4, -0.2) is 57.0 Å². The minimum Gasteiger partial charge on any atom is -0.481 e. The van der Waals surface area contributed by atoms with E-state index in [1.807, 2.05) is 36.6 Å². The number of thioether (sulfide) groups is 1. The maximum absolute atomic E-state index is 13.8. The van der Waals surface area contributed by atoms with Crippen LogP contribution >= 0.6 is 11.8 Å². The number of aromatic amines is 1. The van der Waals surface area contributed by atoms with E-state index in [0.717, 1.165) is 10.1 Å². The Balaban J connectivity index is 1.55. The Morgan fingerprint density at radius 1 is 1.00 bits per heavy atom. The predicted octanol–water partition coefficient (Wildman–Crippen LogP) is 2.72. The number of aromatic nitrogens is 2. The zero-order valence-corrected chi connectivity index (χ0v) is 23.8. The van der Waals surface area contributed by atoms with Crippen molar-refractivity contribution in [3.63, 3.8) is 0 Å². The van der Waals surface area contributed by atoms with Gasteiger partial charge in [-0.1, -0.05) is 42.5 Å². The van der Waals surface area contributed by atoms with E-state index in [1.54, 1.807) is 36.0 Å². The van der Waals surface area contributed by atoms with Gasteiger partial charge >= 0.3 is 11.7 Å². The number of nitrogens with one attached hydrogen (secondary N) is 3. The predicted molar refractivity (Wildman–Crippen MR) is 159 cm³/mol. The molecule has 218 valence electrons. The summed E-state index contributed by atoms with van der Waals surface area (Å²) in [6.07, 6.45) is 4.95. The lowest BCUT2D eigenvalue weighted by molar-refractivity contribution is -0.143. The van der Waals surface area contributed by atoms with Crippen LogP contribution in [-0.2, 0) is 20.8 Å². The summed E-state index contributed by atoms with van der Waals surface area (Å²) in [5, 5.41) is 15.3. The molecule has 1 aliphatic rings. The number of benzene rings is 2. The highest BCUT2D eigenvalue weighted by molar-refractivity contribution is 7.98. The number of carboxylic acid groups (broad SMARTS) is 1. The highest BCUT2D eigenvalue weighted by Crippen LogP contribution is 2.28. The van der Waals surface area contributed by atoms with Crippen molar-refractivity contribution >= 4 is 40.4 Å². The third-order valence-electron chi connectivity index (χ3n) is 7.73. The standard InChI is InChI=1S/C30H36N4O6S/c1-41-16-15-24(26(35)31-18-20-11-13-21(14-12-20)29(38)39)32-27(36)25(17-19-7-3-2-4-8-19)34-28(37)22-9-5-6-10-23(22)33-30(34)40/h2-10,20-21,24-25H,11-18H2,1H3,(H,31,35)(H,32,36)(H,33,40)(H,38,39). The van der Waals surface area contributed by atoms with Gasteiger partial charge in [-0.25, -0.2) is 9.36 Å². The highest BCUT2D eigenvalue weighted by atomic mass is 32.2. The zero-order valence-electron chi connectivity index (χ0n) is 23.0. The van der Waals surface area contributed by atoms with E-state index < -0.39 is 35.2 Å². The molecule has 1 aliphatic carbocycles. The summed E-state index contributed by atoms with van der Waals surface area (Å²) in [5.74, 6) is -1.26. The molecule has 4 rings (SSSR count). The minimum atomic E-state index is -1.19. The molecule has 1 fully saturated rings. The lowest BCUT2D eigenvalue weighted by Gasteiger charge is -2.27. The van der Waals surface area contributed by atoms with Crippen LogP contribution in [0.4, 0.5) is 0 Å². The van der Waals surface area contributed by atoms with Crippen molar-refractivity contribution in [2.24, 2.45) is 11.8 Å². The lowest BCUT2D eigenvalue weighted by atomic mass is 9.82. The molecule has 2 aromatic carbocycles. The molecule has 0 saturated heterocycles. The number of H-pyrrole nitrogens is 1. The average molecular weight is 581 g/mol. The number of hydrogen-bond acceptors (Lipinski definition) is 6. The Labute approximate surface area is 241 Å². The van der Waals surface area contributed by atoms with Crippen molar-refractivity contribution in [2.45, 2.75) is 50.6 Å². The van der Waals surface area contributed by atoms with Gasteiger partial charge in [0.25, 0.3) is 5.56 Å². The molecule has 0 aliphatic heterocycles. The van der Waals surface area contributed by atoms with E-state index in [4.69, 9.17) is 0 Å². The molecule has 2 unspecified atom stereocenters. The normalized spacial score (nSPS) is 18.4. The Bertz CT molecular complexity index is 1480. The second kappa shape index (κ2) is 14.2. The van der Waals surface area contributed by atoms with Crippen LogP contribution in [0.25, 0.3) is 10.9 Å². The van der Waals surface area contributed by atoms with Gasteiger partial charge in [-0.15, -0.1) is 0 Å². The van der Waals surface area contributed by atoms with Gasteiger partial charge in [0, 0.05) is 13.0 Å². The van der Waals surface area contributed by atoms with Crippen LogP contribution in [0.2, 0.25) is 0 Å². The largest absolute Gasteiger partial charge is 0.481 e. The number of rotatable bonds is 12. The van der Waals surface area contributed by atoms with E-state index in [2.05, 4.69) is 15.6 Å².